The van der Waals surface area contributed by atoms with Crippen molar-refractivity contribution in [2.75, 3.05) is 13.7 Å². The Kier molecular flexibility index (Phi) is 8.36. The molecule has 1 atom stereocenters. The molecule has 2 aromatic rings. The lowest BCUT2D eigenvalue weighted by Crippen LogP contribution is -2.04. The molecule has 2 nitrogen and oxygen atoms in total. The van der Waals surface area contributed by atoms with Gasteiger partial charge in [-0.05, 0) is 32.0 Å². The standard InChI is InChI=1S/C10H14O.C8H11N/c1-3-11-9(2)10-7-5-4-6-8-10;1-9-7-8-5-3-2-4-6-8/h4-9H,3H2,1-2H3;2-6,9H,7H2,1H3. The lowest BCUT2D eigenvalue weighted by molar-refractivity contribution is 0.0764. The molecule has 0 aliphatic rings. The topological polar surface area (TPSA) is 21.3 Å². The average molecular weight is 271 g/mol. The van der Waals surface area contributed by atoms with Gasteiger partial charge in [0.05, 0.1) is 6.10 Å². The molecule has 0 amide bonds. The van der Waals surface area contributed by atoms with Crippen LogP contribution >= 0.6 is 0 Å². The third kappa shape index (κ3) is 6.50. The van der Waals surface area contributed by atoms with Crippen molar-refractivity contribution in [3.8, 4) is 0 Å². The minimum atomic E-state index is 0.223. The summed E-state index contributed by atoms with van der Waals surface area (Å²) < 4.78 is 5.43. The van der Waals surface area contributed by atoms with Gasteiger partial charge >= 0.3 is 0 Å². The molecule has 0 aromatic heterocycles. The van der Waals surface area contributed by atoms with Crippen LogP contribution in [0.3, 0.4) is 0 Å². The molecule has 0 saturated carbocycles. The van der Waals surface area contributed by atoms with Gasteiger partial charge in [-0.2, -0.15) is 0 Å². The molecule has 20 heavy (non-hydrogen) atoms. The van der Waals surface area contributed by atoms with E-state index < -0.39 is 0 Å². The largest absolute Gasteiger partial charge is 0.374 e. The van der Waals surface area contributed by atoms with E-state index in [-0.39, 0.29) is 6.10 Å². The molecule has 2 heteroatoms. The third-order valence-corrected chi connectivity index (χ3v) is 2.91. The highest BCUT2D eigenvalue weighted by Crippen LogP contribution is 2.14. The maximum atomic E-state index is 5.43. The van der Waals surface area contributed by atoms with Crippen molar-refractivity contribution in [2.24, 2.45) is 0 Å². The number of nitrogens with one attached hydrogen (secondary N) is 1. The normalized spacial score (nSPS) is 11.3. The Morgan fingerprint density at radius 3 is 2.00 bits per heavy atom. The zero-order valence-corrected chi connectivity index (χ0v) is 12.7. The van der Waals surface area contributed by atoms with Crippen molar-refractivity contribution in [1.82, 2.24) is 5.32 Å². The van der Waals surface area contributed by atoms with Crippen molar-refractivity contribution in [1.29, 1.82) is 0 Å². The van der Waals surface area contributed by atoms with Crippen molar-refractivity contribution in [2.45, 2.75) is 26.5 Å². The lowest BCUT2D eigenvalue weighted by atomic mass is 10.1. The first-order valence-corrected chi connectivity index (χ1v) is 7.13. The molecular formula is C18H25NO. The molecule has 1 unspecified atom stereocenters. The summed E-state index contributed by atoms with van der Waals surface area (Å²) in [6.45, 7) is 5.81. The maximum absolute atomic E-state index is 5.43. The smallest absolute Gasteiger partial charge is 0.0796 e. The molecule has 0 aliphatic heterocycles. The molecular weight excluding hydrogens is 246 g/mol. The first-order valence-electron chi connectivity index (χ1n) is 7.13. The minimum Gasteiger partial charge on any atom is -0.374 e. The lowest BCUT2D eigenvalue weighted by Gasteiger charge is -2.10. The molecule has 0 aliphatic carbocycles. The van der Waals surface area contributed by atoms with Crippen LogP contribution < -0.4 is 5.32 Å². The van der Waals surface area contributed by atoms with Gasteiger partial charge < -0.3 is 10.1 Å². The van der Waals surface area contributed by atoms with Gasteiger partial charge in [0.1, 0.15) is 0 Å². The average Bonchev–Trinajstić information content (AvgIpc) is 2.50. The van der Waals surface area contributed by atoms with E-state index in [1.807, 2.05) is 50.4 Å². The van der Waals surface area contributed by atoms with Crippen LogP contribution in [0.4, 0.5) is 0 Å². The van der Waals surface area contributed by atoms with Gasteiger partial charge in [0, 0.05) is 13.2 Å². The van der Waals surface area contributed by atoms with Crippen molar-refractivity contribution >= 4 is 0 Å². The van der Waals surface area contributed by atoms with Crippen LogP contribution in [-0.4, -0.2) is 13.7 Å². The summed E-state index contributed by atoms with van der Waals surface area (Å²) in [6, 6.07) is 20.6. The summed E-state index contributed by atoms with van der Waals surface area (Å²) in [7, 11) is 1.95. The van der Waals surface area contributed by atoms with Crippen molar-refractivity contribution in [3.05, 3.63) is 71.8 Å². The van der Waals surface area contributed by atoms with Crippen LogP contribution in [-0.2, 0) is 11.3 Å². The fourth-order valence-corrected chi connectivity index (χ4v) is 1.87. The van der Waals surface area contributed by atoms with Gasteiger partial charge in [-0.25, -0.2) is 0 Å². The summed E-state index contributed by atoms with van der Waals surface area (Å²) in [5.74, 6) is 0. The molecule has 2 aromatic carbocycles. The zero-order chi connectivity index (χ0) is 14.6. The SMILES string of the molecule is CCOC(C)c1ccccc1.CNCc1ccccc1. The maximum Gasteiger partial charge on any atom is 0.0796 e. The fourth-order valence-electron chi connectivity index (χ4n) is 1.87. The monoisotopic (exact) mass is 271 g/mol. The van der Waals surface area contributed by atoms with Gasteiger partial charge in [0.15, 0.2) is 0 Å². The Morgan fingerprint density at radius 2 is 1.50 bits per heavy atom. The quantitative estimate of drug-likeness (QED) is 0.880. The van der Waals surface area contributed by atoms with Gasteiger partial charge in [-0.15, -0.1) is 0 Å². The van der Waals surface area contributed by atoms with E-state index in [1.165, 1.54) is 11.1 Å². The molecule has 0 saturated heterocycles. The van der Waals surface area contributed by atoms with Crippen LogP contribution in [0.2, 0.25) is 0 Å². The highest BCUT2D eigenvalue weighted by atomic mass is 16.5. The van der Waals surface area contributed by atoms with E-state index in [0.29, 0.717) is 0 Å². The zero-order valence-electron chi connectivity index (χ0n) is 12.7. The van der Waals surface area contributed by atoms with Crippen molar-refractivity contribution in [3.63, 3.8) is 0 Å². The summed E-state index contributed by atoms with van der Waals surface area (Å²) in [5.41, 5.74) is 2.58. The number of hydrogen-bond acceptors (Lipinski definition) is 2. The Balaban J connectivity index is 0.000000204. The Morgan fingerprint density at radius 1 is 0.950 bits per heavy atom. The Labute approximate surface area is 122 Å². The summed E-state index contributed by atoms with van der Waals surface area (Å²) >= 11 is 0. The van der Waals surface area contributed by atoms with Gasteiger partial charge in [-0.1, -0.05) is 60.7 Å². The van der Waals surface area contributed by atoms with Crippen LogP contribution in [0, 0.1) is 0 Å². The Hall–Kier alpha value is -1.64. The molecule has 0 bridgehead atoms. The fraction of sp³-hybridized carbons (Fsp3) is 0.333. The van der Waals surface area contributed by atoms with Crippen LogP contribution in [0.15, 0.2) is 60.7 Å². The van der Waals surface area contributed by atoms with Gasteiger partial charge in [-0.3, -0.25) is 0 Å². The number of ether oxygens (including phenoxy) is 1. The van der Waals surface area contributed by atoms with Crippen LogP contribution in [0.25, 0.3) is 0 Å². The van der Waals surface area contributed by atoms with E-state index >= 15 is 0 Å². The predicted molar refractivity (Wildman–Crippen MR) is 85.7 cm³/mol. The van der Waals surface area contributed by atoms with Gasteiger partial charge in [0.2, 0.25) is 0 Å². The molecule has 2 rings (SSSR count). The van der Waals surface area contributed by atoms with E-state index in [9.17, 15) is 0 Å². The minimum absolute atomic E-state index is 0.223. The second-order valence-corrected chi connectivity index (χ2v) is 4.52. The van der Waals surface area contributed by atoms with Crippen molar-refractivity contribution < 1.29 is 4.74 Å². The van der Waals surface area contributed by atoms with E-state index in [0.717, 1.165) is 13.2 Å². The second kappa shape index (κ2) is 10.2. The molecule has 0 radical (unpaired) electrons. The molecule has 0 fully saturated rings. The first-order chi connectivity index (χ1) is 9.77. The second-order valence-electron chi connectivity index (χ2n) is 4.52. The van der Waals surface area contributed by atoms with E-state index in [1.54, 1.807) is 0 Å². The Bertz CT molecular complexity index is 441. The number of hydrogen-bond donors (Lipinski definition) is 1. The van der Waals surface area contributed by atoms with Crippen LogP contribution in [0.5, 0.6) is 0 Å². The first kappa shape index (κ1) is 16.4. The van der Waals surface area contributed by atoms with E-state index in [2.05, 4.69) is 36.5 Å². The van der Waals surface area contributed by atoms with Crippen LogP contribution in [0.1, 0.15) is 31.1 Å². The summed E-state index contributed by atoms with van der Waals surface area (Å²) in [5, 5.41) is 3.08. The predicted octanol–water partition coefficient (Wildman–Crippen LogP) is 4.19. The molecule has 0 spiro atoms. The molecule has 1 N–H and O–H groups in total. The molecule has 0 heterocycles. The van der Waals surface area contributed by atoms with Gasteiger partial charge in [0.25, 0.3) is 0 Å². The van der Waals surface area contributed by atoms with E-state index in [4.69, 9.17) is 4.74 Å². The third-order valence-electron chi connectivity index (χ3n) is 2.91. The highest BCUT2D eigenvalue weighted by Gasteiger charge is 2.01. The summed E-state index contributed by atoms with van der Waals surface area (Å²) in [4.78, 5) is 0. The number of rotatable bonds is 5. The highest BCUT2D eigenvalue weighted by molar-refractivity contribution is 5.16. The number of benzene rings is 2. The summed E-state index contributed by atoms with van der Waals surface area (Å²) in [6.07, 6.45) is 0.223. The molecule has 108 valence electrons.